The molecule has 4 nitrogen and oxygen atoms in total. The Kier molecular flexibility index (Phi) is 6.90. The summed E-state index contributed by atoms with van der Waals surface area (Å²) in [7, 11) is 0. The molecule has 1 aromatic rings. The van der Waals surface area contributed by atoms with Crippen LogP contribution in [-0.4, -0.2) is 31.8 Å². The third-order valence-corrected chi connectivity index (χ3v) is 4.25. The zero-order chi connectivity index (χ0) is 16.7. The van der Waals surface area contributed by atoms with Crippen LogP contribution in [0, 0.1) is 11.8 Å². The molecule has 0 aromatic heterocycles. The number of carbonyl (C=O) groups excluding carboxylic acids is 1. The minimum absolute atomic E-state index is 0.0416. The fourth-order valence-electron chi connectivity index (χ4n) is 3.09. The molecule has 0 aliphatic carbocycles. The van der Waals surface area contributed by atoms with E-state index in [-0.39, 0.29) is 12.0 Å². The van der Waals surface area contributed by atoms with E-state index in [1.54, 1.807) is 0 Å². The first-order valence-corrected chi connectivity index (χ1v) is 8.74. The lowest BCUT2D eigenvalue weighted by atomic mass is 9.87. The van der Waals surface area contributed by atoms with Crippen molar-refractivity contribution in [3.8, 4) is 5.75 Å². The molecule has 1 saturated heterocycles. The fourth-order valence-corrected chi connectivity index (χ4v) is 3.09. The van der Waals surface area contributed by atoms with E-state index in [2.05, 4.69) is 26.1 Å². The van der Waals surface area contributed by atoms with Gasteiger partial charge in [-0.15, -0.1) is 0 Å². The quantitative estimate of drug-likeness (QED) is 0.834. The van der Waals surface area contributed by atoms with Crippen molar-refractivity contribution in [2.75, 3.05) is 19.8 Å². The zero-order valence-corrected chi connectivity index (χ0v) is 14.5. The van der Waals surface area contributed by atoms with Gasteiger partial charge in [0.2, 0.25) is 0 Å². The van der Waals surface area contributed by atoms with Gasteiger partial charge < -0.3 is 14.8 Å². The summed E-state index contributed by atoms with van der Waals surface area (Å²) >= 11 is 0. The Morgan fingerprint density at radius 2 is 2.26 bits per heavy atom. The lowest BCUT2D eigenvalue weighted by Gasteiger charge is -2.34. The molecule has 1 aliphatic heterocycles. The summed E-state index contributed by atoms with van der Waals surface area (Å²) in [6.07, 6.45) is 3.38. The van der Waals surface area contributed by atoms with Crippen molar-refractivity contribution < 1.29 is 14.3 Å². The third-order valence-electron chi connectivity index (χ3n) is 4.25. The lowest BCUT2D eigenvalue weighted by Crippen LogP contribution is -2.41. The van der Waals surface area contributed by atoms with Crippen molar-refractivity contribution >= 4 is 5.91 Å². The van der Waals surface area contributed by atoms with Crippen molar-refractivity contribution in [3.63, 3.8) is 0 Å². The van der Waals surface area contributed by atoms with Gasteiger partial charge >= 0.3 is 0 Å². The first-order chi connectivity index (χ1) is 11.1. The first kappa shape index (κ1) is 17.8. The summed E-state index contributed by atoms with van der Waals surface area (Å²) in [6.45, 7) is 8.60. The van der Waals surface area contributed by atoms with Crippen LogP contribution in [0.3, 0.4) is 0 Å². The maximum atomic E-state index is 12.4. The van der Waals surface area contributed by atoms with Crippen LogP contribution >= 0.6 is 0 Å². The average molecular weight is 319 g/mol. The second kappa shape index (κ2) is 8.92. The van der Waals surface area contributed by atoms with Gasteiger partial charge in [0.1, 0.15) is 5.75 Å². The Hall–Kier alpha value is -1.55. The summed E-state index contributed by atoms with van der Waals surface area (Å²) < 4.78 is 11.5. The number of hydrogen-bond donors (Lipinski definition) is 1. The van der Waals surface area contributed by atoms with E-state index >= 15 is 0 Å². The van der Waals surface area contributed by atoms with Crippen molar-refractivity contribution in [1.29, 1.82) is 0 Å². The number of amides is 1. The predicted octanol–water partition coefficient (Wildman–Crippen LogP) is 3.66. The molecule has 4 heteroatoms. The molecule has 1 aliphatic rings. The number of nitrogens with one attached hydrogen (secondary N) is 1. The van der Waals surface area contributed by atoms with Crippen LogP contribution in [0.2, 0.25) is 0 Å². The van der Waals surface area contributed by atoms with Crippen molar-refractivity contribution in [1.82, 2.24) is 5.32 Å². The van der Waals surface area contributed by atoms with Gasteiger partial charge in [0.15, 0.2) is 0 Å². The van der Waals surface area contributed by atoms with Gasteiger partial charge in [-0.25, -0.2) is 0 Å². The van der Waals surface area contributed by atoms with Crippen LogP contribution in [0.25, 0.3) is 0 Å². The number of rotatable bonds is 7. The summed E-state index contributed by atoms with van der Waals surface area (Å²) in [5.41, 5.74) is 0.649. The molecule has 2 rings (SSSR count). The fraction of sp³-hybridized carbons (Fsp3) is 0.632. The molecule has 0 unspecified atom stereocenters. The van der Waals surface area contributed by atoms with Gasteiger partial charge in [-0.1, -0.05) is 26.8 Å². The van der Waals surface area contributed by atoms with Crippen molar-refractivity contribution in [2.24, 2.45) is 11.8 Å². The van der Waals surface area contributed by atoms with Crippen molar-refractivity contribution in [3.05, 3.63) is 29.8 Å². The molecular weight excluding hydrogens is 290 g/mol. The predicted molar refractivity (Wildman–Crippen MR) is 91.9 cm³/mol. The summed E-state index contributed by atoms with van der Waals surface area (Å²) in [6, 6.07) is 7.38. The van der Waals surface area contributed by atoms with E-state index in [1.165, 1.54) is 0 Å². The normalized spacial score (nSPS) is 21.2. The molecule has 0 spiro atoms. The molecule has 0 saturated carbocycles. The second-order valence-corrected chi connectivity index (χ2v) is 6.57. The standard InChI is InChI=1S/C19H29NO3/c1-4-10-22-17-9-5-7-15(12-17)19(21)20-13-16-8-6-11-23-18(16)14(2)3/h5,7,9,12,14,16,18H,4,6,8,10-11,13H2,1-3H3,(H,20,21)/t16-,18-/m1/s1. The Morgan fingerprint density at radius 3 is 3.00 bits per heavy atom. The van der Waals surface area contributed by atoms with Gasteiger partial charge in [0.25, 0.3) is 5.91 Å². The van der Waals surface area contributed by atoms with Crippen molar-refractivity contribution in [2.45, 2.75) is 46.1 Å². The van der Waals surface area contributed by atoms with Crippen LogP contribution in [0.15, 0.2) is 24.3 Å². The molecule has 1 heterocycles. The molecule has 1 amide bonds. The molecule has 0 radical (unpaired) electrons. The highest BCUT2D eigenvalue weighted by atomic mass is 16.5. The average Bonchev–Trinajstić information content (AvgIpc) is 2.58. The van der Waals surface area contributed by atoms with Crippen LogP contribution < -0.4 is 10.1 Å². The van der Waals surface area contributed by atoms with Gasteiger partial charge in [-0.3, -0.25) is 4.79 Å². The Bertz CT molecular complexity index is 501. The minimum atomic E-state index is -0.0416. The smallest absolute Gasteiger partial charge is 0.251 e. The van der Waals surface area contributed by atoms with Gasteiger partial charge in [0.05, 0.1) is 12.7 Å². The maximum Gasteiger partial charge on any atom is 0.251 e. The lowest BCUT2D eigenvalue weighted by molar-refractivity contribution is -0.0510. The highest BCUT2D eigenvalue weighted by Gasteiger charge is 2.28. The van der Waals surface area contributed by atoms with Crippen LogP contribution in [0.4, 0.5) is 0 Å². The molecule has 1 fully saturated rings. The van der Waals surface area contributed by atoms with E-state index in [0.717, 1.165) is 31.6 Å². The Labute approximate surface area is 139 Å². The summed E-state index contributed by atoms with van der Waals surface area (Å²) in [4.78, 5) is 12.4. The van der Waals surface area contributed by atoms with Crippen LogP contribution in [0.1, 0.15) is 50.4 Å². The number of carbonyl (C=O) groups is 1. The third kappa shape index (κ3) is 5.24. The SMILES string of the molecule is CCCOc1cccc(C(=O)NC[C@H]2CCCO[C@@H]2C(C)C)c1. The highest BCUT2D eigenvalue weighted by Crippen LogP contribution is 2.25. The van der Waals surface area contributed by atoms with E-state index in [4.69, 9.17) is 9.47 Å². The number of ether oxygens (including phenoxy) is 2. The Balaban J connectivity index is 1.91. The number of hydrogen-bond acceptors (Lipinski definition) is 3. The molecule has 128 valence electrons. The van der Waals surface area contributed by atoms with E-state index in [9.17, 15) is 4.79 Å². The second-order valence-electron chi connectivity index (χ2n) is 6.57. The van der Waals surface area contributed by atoms with Crippen LogP contribution in [0.5, 0.6) is 5.75 Å². The highest BCUT2D eigenvalue weighted by molar-refractivity contribution is 5.94. The first-order valence-electron chi connectivity index (χ1n) is 8.74. The number of benzene rings is 1. The molecule has 23 heavy (non-hydrogen) atoms. The van der Waals surface area contributed by atoms with E-state index in [0.29, 0.717) is 30.6 Å². The van der Waals surface area contributed by atoms with Crippen LogP contribution in [-0.2, 0) is 4.74 Å². The monoisotopic (exact) mass is 319 g/mol. The van der Waals surface area contributed by atoms with Gasteiger partial charge in [0, 0.05) is 24.6 Å². The molecular formula is C19H29NO3. The topological polar surface area (TPSA) is 47.6 Å². The molecule has 1 aromatic carbocycles. The largest absolute Gasteiger partial charge is 0.494 e. The molecule has 2 atom stereocenters. The summed E-state index contributed by atoms with van der Waals surface area (Å²) in [5, 5.41) is 3.06. The molecule has 1 N–H and O–H groups in total. The van der Waals surface area contributed by atoms with Gasteiger partial charge in [-0.05, 0) is 43.4 Å². The maximum absolute atomic E-state index is 12.4. The minimum Gasteiger partial charge on any atom is -0.494 e. The molecule has 0 bridgehead atoms. The Morgan fingerprint density at radius 1 is 1.43 bits per heavy atom. The summed E-state index contributed by atoms with van der Waals surface area (Å²) in [5.74, 6) is 1.58. The van der Waals surface area contributed by atoms with E-state index < -0.39 is 0 Å². The van der Waals surface area contributed by atoms with Gasteiger partial charge in [-0.2, -0.15) is 0 Å². The zero-order valence-electron chi connectivity index (χ0n) is 14.5. The van der Waals surface area contributed by atoms with E-state index in [1.807, 2.05) is 24.3 Å².